The van der Waals surface area contributed by atoms with E-state index in [0.717, 1.165) is 60.0 Å². The van der Waals surface area contributed by atoms with E-state index in [0.29, 0.717) is 12.2 Å². The van der Waals surface area contributed by atoms with E-state index in [1.165, 1.54) is 28.7 Å². The van der Waals surface area contributed by atoms with E-state index in [2.05, 4.69) is 104 Å². The summed E-state index contributed by atoms with van der Waals surface area (Å²) in [6.45, 7) is 25.8. The van der Waals surface area contributed by atoms with Crippen molar-refractivity contribution in [2.75, 3.05) is 18.0 Å². The molecule has 2 atom stereocenters. The normalized spacial score (nSPS) is 17.8. The number of hydrogen-bond donors (Lipinski definition) is 2. The van der Waals surface area contributed by atoms with Crippen LogP contribution in [0, 0.1) is 13.8 Å². The second kappa shape index (κ2) is 13.1. The van der Waals surface area contributed by atoms with Gasteiger partial charge < -0.3 is 20.9 Å². The van der Waals surface area contributed by atoms with Crippen LogP contribution in [0.4, 0.5) is 5.82 Å². The number of rotatable bonds is 9. The van der Waals surface area contributed by atoms with Crippen LogP contribution in [0.5, 0.6) is 0 Å². The first-order valence-corrected chi connectivity index (χ1v) is 15.0. The molecule has 2 saturated heterocycles. The van der Waals surface area contributed by atoms with Gasteiger partial charge in [-0.15, -0.1) is 0 Å². The van der Waals surface area contributed by atoms with E-state index in [4.69, 9.17) is 10.7 Å². The number of nitrogens with one attached hydrogen (secondary N) is 1. The lowest BCUT2D eigenvalue weighted by Gasteiger charge is -2.33. The van der Waals surface area contributed by atoms with Gasteiger partial charge >= 0.3 is 0 Å². The summed E-state index contributed by atoms with van der Waals surface area (Å²) in [5.74, 6) is 1.99. The largest absolute Gasteiger partial charge is 0.403 e. The SMILES string of the molecule is C=Cc1ccc(CCC(=C)N)cc1-c1ccc(N2CCC2)nc1CN1C(=C)NC(c2cc(C)cc(C)c2)C1C.CC. The number of hydrogen-bond acceptors (Lipinski definition) is 5. The molecule has 3 N–H and O–H groups in total. The molecule has 216 valence electrons. The molecular weight excluding hydrogens is 502 g/mol. The zero-order valence-electron chi connectivity index (χ0n) is 25.6. The summed E-state index contributed by atoms with van der Waals surface area (Å²) in [4.78, 5) is 9.97. The maximum absolute atomic E-state index is 5.88. The molecule has 3 heterocycles. The van der Waals surface area contributed by atoms with Crippen molar-refractivity contribution in [3.8, 4) is 11.1 Å². The van der Waals surface area contributed by atoms with E-state index in [1.807, 2.05) is 19.9 Å². The highest BCUT2D eigenvalue weighted by atomic mass is 15.3. The Labute approximate surface area is 247 Å². The number of nitrogens with zero attached hydrogens (tertiary/aromatic N) is 3. The van der Waals surface area contributed by atoms with Crippen molar-refractivity contribution < 1.29 is 0 Å². The standard InChI is InChI=1S/C34H41N5.C2H6/c1-7-28-12-11-27(10-9-24(4)35)20-31(28)30-13-14-33(38-15-8-16-38)37-32(30)21-39-25(5)34(36-26(39)6)29-18-22(2)17-23(3)19-29;1-2/h7,11-14,17-20,25,34,36H,1,4,6,8-10,15-16,21,35H2,2-3,5H3;1-2H3. The predicted octanol–water partition coefficient (Wildman–Crippen LogP) is 7.66. The third kappa shape index (κ3) is 6.67. The zero-order valence-corrected chi connectivity index (χ0v) is 25.6. The Morgan fingerprint density at radius 2 is 1.76 bits per heavy atom. The molecular formula is C36H47N5. The van der Waals surface area contributed by atoms with Crippen LogP contribution in [0.25, 0.3) is 17.2 Å². The molecule has 41 heavy (non-hydrogen) atoms. The summed E-state index contributed by atoms with van der Waals surface area (Å²) in [6.07, 6.45) is 4.77. The van der Waals surface area contributed by atoms with Crippen molar-refractivity contribution in [2.45, 2.75) is 72.5 Å². The molecule has 3 aromatic rings. The van der Waals surface area contributed by atoms with Crippen LogP contribution < -0.4 is 16.0 Å². The highest BCUT2D eigenvalue weighted by Crippen LogP contribution is 2.36. The summed E-state index contributed by atoms with van der Waals surface area (Å²) in [6, 6.07) is 18.2. The smallest absolute Gasteiger partial charge is 0.128 e. The molecule has 2 aromatic carbocycles. The molecule has 0 aliphatic carbocycles. The first kappa shape index (κ1) is 30.0. The number of allylic oxidation sites excluding steroid dienone is 1. The van der Waals surface area contributed by atoms with Crippen molar-refractivity contribution in [2.24, 2.45) is 5.73 Å². The Kier molecular flexibility index (Phi) is 9.59. The van der Waals surface area contributed by atoms with Gasteiger partial charge in [-0.1, -0.05) is 87.2 Å². The Balaban J connectivity index is 0.00000189. The molecule has 0 radical (unpaired) electrons. The fraction of sp³-hybridized carbons (Fsp3) is 0.361. The van der Waals surface area contributed by atoms with Gasteiger partial charge in [-0.05, 0) is 74.4 Å². The topological polar surface area (TPSA) is 57.4 Å². The molecule has 0 spiro atoms. The van der Waals surface area contributed by atoms with Gasteiger partial charge in [0.15, 0.2) is 0 Å². The van der Waals surface area contributed by atoms with E-state index in [9.17, 15) is 0 Å². The Morgan fingerprint density at radius 1 is 1.05 bits per heavy atom. The fourth-order valence-corrected chi connectivity index (χ4v) is 5.81. The molecule has 5 nitrogen and oxygen atoms in total. The quantitative estimate of drug-likeness (QED) is 0.287. The number of aryl methyl sites for hydroxylation is 3. The van der Waals surface area contributed by atoms with Crippen molar-refractivity contribution in [1.82, 2.24) is 15.2 Å². The number of pyridine rings is 1. The second-order valence-electron chi connectivity index (χ2n) is 11.1. The minimum atomic E-state index is 0.176. The van der Waals surface area contributed by atoms with E-state index < -0.39 is 0 Å². The van der Waals surface area contributed by atoms with Gasteiger partial charge in [0.25, 0.3) is 0 Å². The number of nitrogens with two attached hydrogens (primary N) is 1. The maximum atomic E-state index is 5.88. The maximum Gasteiger partial charge on any atom is 0.128 e. The summed E-state index contributed by atoms with van der Waals surface area (Å²) in [5.41, 5.74) is 16.1. The van der Waals surface area contributed by atoms with Gasteiger partial charge in [-0.2, -0.15) is 0 Å². The minimum absolute atomic E-state index is 0.176. The molecule has 2 unspecified atom stereocenters. The van der Waals surface area contributed by atoms with Crippen LogP contribution >= 0.6 is 0 Å². The molecule has 1 aromatic heterocycles. The van der Waals surface area contributed by atoms with Crippen molar-refractivity contribution >= 4 is 11.9 Å². The number of aromatic nitrogens is 1. The van der Waals surface area contributed by atoms with Gasteiger partial charge in [0.2, 0.25) is 0 Å². The summed E-state index contributed by atoms with van der Waals surface area (Å²) in [7, 11) is 0. The first-order valence-electron chi connectivity index (χ1n) is 15.0. The fourth-order valence-electron chi connectivity index (χ4n) is 5.81. The van der Waals surface area contributed by atoms with Crippen LogP contribution in [0.15, 0.2) is 79.8 Å². The first-order chi connectivity index (χ1) is 19.7. The van der Waals surface area contributed by atoms with Gasteiger partial charge in [0.1, 0.15) is 5.82 Å². The Morgan fingerprint density at radius 3 is 2.37 bits per heavy atom. The zero-order chi connectivity index (χ0) is 29.7. The van der Waals surface area contributed by atoms with Crippen LogP contribution in [0.1, 0.15) is 73.2 Å². The van der Waals surface area contributed by atoms with E-state index >= 15 is 0 Å². The lowest BCUT2D eigenvalue weighted by Crippen LogP contribution is -2.38. The Bertz CT molecular complexity index is 1400. The number of benzene rings is 2. The van der Waals surface area contributed by atoms with Crippen molar-refractivity contribution in [1.29, 1.82) is 0 Å². The molecule has 5 rings (SSSR count). The van der Waals surface area contributed by atoms with E-state index in [-0.39, 0.29) is 12.1 Å². The van der Waals surface area contributed by atoms with Crippen LogP contribution in [-0.4, -0.2) is 29.0 Å². The Hall–Kier alpha value is -3.99. The van der Waals surface area contributed by atoms with E-state index in [1.54, 1.807) is 0 Å². The predicted molar refractivity (Wildman–Crippen MR) is 176 cm³/mol. The lowest BCUT2D eigenvalue weighted by atomic mass is 9.93. The monoisotopic (exact) mass is 549 g/mol. The third-order valence-electron chi connectivity index (χ3n) is 8.07. The van der Waals surface area contributed by atoms with Gasteiger partial charge in [-0.25, -0.2) is 4.98 Å². The van der Waals surface area contributed by atoms with Crippen LogP contribution in [0.3, 0.4) is 0 Å². The average Bonchev–Trinajstić information content (AvgIpc) is 3.20. The second-order valence-corrected chi connectivity index (χ2v) is 11.1. The van der Waals surface area contributed by atoms with Gasteiger partial charge in [-0.3, -0.25) is 0 Å². The number of anilines is 1. The lowest BCUT2D eigenvalue weighted by molar-refractivity contribution is 0.287. The molecule has 2 fully saturated rings. The highest BCUT2D eigenvalue weighted by Gasteiger charge is 2.34. The minimum Gasteiger partial charge on any atom is -0.403 e. The summed E-state index contributed by atoms with van der Waals surface area (Å²) < 4.78 is 0. The molecule has 0 bridgehead atoms. The molecule has 0 saturated carbocycles. The summed E-state index contributed by atoms with van der Waals surface area (Å²) in [5, 5.41) is 3.68. The molecule has 0 amide bonds. The van der Waals surface area contributed by atoms with Crippen molar-refractivity contribution in [3.63, 3.8) is 0 Å². The van der Waals surface area contributed by atoms with Crippen LogP contribution in [0.2, 0.25) is 0 Å². The molecule has 2 aliphatic heterocycles. The highest BCUT2D eigenvalue weighted by molar-refractivity contribution is 5.77. The van der Waals surface area contributed by atoms with Crippen molar-refractivity contribution in [3.05, 3.63) is 113 Å². The molecule has 5 heteroatoms. The average molecular weight is 550 g/mol. The third-order valence-corrected chi connectivity index (χ3v) is 8.07. The van der Waals surface area contributed by atoms with Gasteiger partial charge in [0.05, 0.1) is 30.1 Å². The molecule has 2 aliphatic rings. The van der Waals surface area contributed by atoms with Crippen LogP contribution in [-0.2, 0) is 13.0 Å². The van der Waals surface area contributed by atoms with Gasteiger partial charge in [0, 0.05) is 24.4 Å². The summed E-state index contributed by atoms with van der Waals surface area (Å²) >= 11 is 0.